The molecule has 5 nitrogen and oxygen atoms in total. The molecule has 0 amide bonds. The van der Waals surface area contributed by atoms with Crippen molar-refractivity contribution in [2.24, 2.45) is 0 Å². The van der Waals surface area contributed by atoms with Crippen LogP contribution in [-0.2, 0) is 10.1 Å². The van der Waals surface area contributed by atoms with E-state index in [1.807, 2.05) is 0 Å². The fourth-order valence-electron chi connectivity index (χ4n) is 1.36. The van der Waals surface area contributed by atoms with Gasteiger partial charge in [-0.3, -0.25) is 9.54 Å². The van der Waals surface area contributed by atoms with Crippen LogP contribution in [0, 0.1) is 0 Å². The SMILES string of the molecule is O=S(=O)(O)c1ccc(O)c2ncccc12.[Na]. The molecule has 1 aromatic heterocycles. The van der Waals surface area contributed by atoms with Crippen molar-refractivity contribution >= 4 is 50.6 Å². The third-order valence-electron chi connectivity index (χ3n) is 1.99. The molecule has 2 rings (SSSR count). The first-order valence-corrected chi connectivity index (χ1v) is 5.48. The molecule has 0 fully saturated rings. The smallest absolute Gasteiger partial charge is 0.295 e. The van der Waals surface area contributed by atoms with Crippen LogP contribution in [0.25, 0.3) is 10.9 Å². The number of fused-ring (bicyclic) bond motifs is 1. The summed E-state index contributed by atoms with van der Waals surface area (Å²) in [6, 6.07) is 5.30. The first-order chi connectivity index (χ1) is 7.00. The largest absolute Gasteiger partial charge is 0.506 e. The third-order valence-corrected chi connectivity index (χ3v) is 2.90. The van der Waals surface area contributed by atoms with Crippen LogP contribution in [0.3, 0.4) is 0 Å². The van der Waals surface area contributed by atoms with Crippen molar-refractivity contribution in [1.29, 1.82) is 0 Å². The summed E-state index contributed by atoms with van der Waals surface area (Å²) in [6.45, 7) is 0. The molecule has 0 aliphatic heterocycles. The molecule has 0 unspecified atom stereocenters. The van der Waals surface area contributed by atoms with Crippen LogP contribution >= 0.6 is 0 Å². The second-order valence-electron chi connectivity index (χ2n) is 2.96. The summed E-state index contributed by atoms with van der Waals surface area (Å²) in [6.07, 6.45) is 1.43. The van der Waals surface area contributed by atoms with Crippen molar-refractivity contribution in [3.8, 4) is 5.75 Å². The van der Waals surface area contributed by atoms with Gasteiger partial charge in [-0.05, 0) is 24.3 Å². The van der Waals surface area contributed by atoms with Gasteiger partial charge in [0.1, 0.15) is 16.2 Å². The molecule has 0 atom stereocenters. The monoisotopic (exact) mass is 248 g/mol. The Kier molecular flexibility index (Phi) is 3.92. The summed E-state index contributed by atoms with van der Waals surface area (Å²) in [7, 11) is -4.30. The van der Waals surface area contributed by atoms with E-state index in [9.17, 15) is 13.5 Å². The predicted molar refractivity (Wildman–Crippen MR) is 59.0 cm³/mol. The van der Waals surface area contributed by atoms with E-state index >= 15 is 0 Å². The molecule has 1 heterocycles. The summed E-state index contributed by atoms with van der Waals surface area (Å²) in [5, 5.41) is 9.62. The van der Waals surface area contributed by atoms with Gasteiger partial charge in [0.25, 0.3) is 10.1 Å². The molecule has 1 aromatic carbocycles. The number of benzene rings is 1. The zero-order chi connectivity index (χ0) is 11.1. The van der Waals surface area contributed by atoms with Gasteiger partial charge in [-0.2, -0.15) is 8.42 Å². The minimum absolute atomic E-state index is 0. The van der Waals surface area contributed by atoms with Gasteiger partial charge >= 0.3 is 0 Å². The molecule has 2 N–H and O–H groups in total. The zero-order valence-corrected chi connectivity index (χ0v) is 11.3. The fourth-order valence-corrected chi connectivity index (χ4v) is 2.04. The quantitative estimate of drug-likeness (QED) is 0.576. The van der Waals surface area contributed by atoms with Crippen LogP contribution in [0.5, 0.6) is 5.75 Å². The molecule has 0 saturated carbocycles. The second kappa shape index (κ2) is 4.68. The standard InChI is InChI=1S/C9H7NO4S.Na/c11-7-3-4-8(15(12,13)14)6-2-1-5-10-9(6)7;/h1-5,11H,(H,12,13,14);. The molecule has 0 spiro atoms. The Labute approximate surface area is 114 Å². The Morgan fingerprint density at radius 1 is 1.19 bits per heavy atom. The molecule has 16 heavy (non-hydrogen) atoms. The third kappa shape index (κ3) is 2.36. The van der Waals surface area contributed by atoms with Gasteiger partial charge in [-0.25, -0.2) is 0 Å². The maximum atomic E-state index is 11.0. The van der Waals surface area contributed by atoms with Gasteiger partial charge in [0.15, 0.2) is 0 Å². The number of pyridine rings is 1. The number of phenols is 1. The van der Waals surface area contributed by atoms with E-state index in [1.165, 1.54) is 24.4 Å². The van der Waals surface area contributed by atoms with E-state index in [0.717, 1.165) is 6.07 Å². The Morgan fingerprint density at radius 3 is 2.50 bits per heavy atom. The van der Waals surface area contributed by atoms with Crippen molar-refractivity contribution in [1.82, 2.24) is 4.98 Å². The molecule has 0 aliphatic rings. The summed E-state index contributed by atoms with van der Waals surface area (Å²) < 4.78 is 30.9. The van der Waals surface area contributed by atoms with Crippen LogP contribution in [0.1, 0.15) is 0 Å². The first kappa shape index (κ1) is 13.4. The fraction of sp³-hybridized carbons (Fsp3) is 0. The number of aromatic hydroxyl groups is 1. The molecule has 0 bridgehead atoms. The molecular formula is C9H7NNaO4S. The van der Waals surface area contributed by atoms with Crippen molar-refractivity contribution in [2.75, 3.05) is 0 Å². The normalized spacial score (nSPS) is 11.1. The Morgan fingerprint density at radius 2 is 1.88 bits per heavy atom. The molecule has 7 heteroatoms. The Balaban J connectivity index is 0.00000128. The minimum atomic E-state index is -4.30. The average Bonchev–Trinajstić information content (AvgIpc) is 2.17. The maximum Gasteiger partial charge on any atom is 0.295 e. The van der Waals surface area contributed by atoms with Gasteiger partial charge in [0.05, 0.1) is 0 Å². The summed E-state index contributed by atoms with van der Waals surface area (Å²) in [5.41, 5.74) is 0.146. The molecule has 0 aliphatic carbocycles. The number of nitrogens with zero attached hydrogens (tertiary/aromatic N) is 1. The van der Waals surface area contributed by atoms with E-state index in [4.69, 9.17) is 4.55 Å². The number of hydrogen-bond donors (Lipinski definition) is 2. The minimum Gasteiger partial charge on any atom is -0.506 e. The zero-order valence-electron chi connectivity index (χ0n) is 8.45. The van der Waals surface area contributed by atoms with Gasteiger partial charge in [-0.15, -0.1) is 0 Å². The van der Waals surface area contributed by atoms with Crippen LogP contribution in [-0.4, -0.2) is 52.6 Å². The molecule has 2 aromatic rings. The maximum absolute atomic E-state index is 11.0. The average molecular weight is 248 g/mol. The first-order valence-electron chi connectivity index (χ1n) is 4.04. The van der Waals surface area contributed by atoms with Crippen LogP contribution in [0.2, 0.25) is 0 Å². The number of aromatic nitrogens is 1. The Hall–Kier alpha value is -0.660. The van der Waals surface area contributed by atoms with Crippen molar-refractivity contribution in [3.05, 3.63) is 30.5 Å². The summed E-state index contributed by atoms with van der Waals surface area (Å²) in [5.74, 6) is -0.127. The van der Waals surface area contributed by atoms with Crippen molar-refractivity contribution in [3.63, 3.8) is 0 Å². The van der Waals surface area contributed by atoms with E-state index in [2.05, 4.69) is 4.98 Å². The Bertz CT molecular complexity index is 626. The molecule has 1 radical (unpaired) electrons. The number of hydrogen-bond acceptors (Lipinski definition) is 4. The second-order valence-corrected chi connectivity index (χ2v) is 4.35. The predicted octanol–water partition coefficient (Wildman–Crippen LogP) is 0.806. The number of rotatable bonds is 1. The topological polar surface area (TPSA) is 87.5 Å². The van der Waals surface area contributed by atoms with Crippen LogP contribution in [0.15, 0.2) is 35.4 Å². The molecule has 0 saturated heterocycles. The van der Waals surface area contributed by atoms with Crippen molar-refractivity contribution < 1.29 is 18.1 Å². The van der Waals surface area contributed by atoms with Gasteiger partial charge < -0.3 is 5.11 Å². The van der Waals surface area contributed by atoms with Gasteiger partial charge in [0, 0.05) is 41.1 Å². The van der Waals surface area contributed by atoms with E-state index in [-0.39, 0.29) is 51.1 Å². The van der Waals surface area contributed by atoms with Crippen molar-refractivity contribution in [2.45, 2.75) is 4.90 Å². The molecular weight excluding hydrogens is 241 g/mol. The summed E-state index contributed by atoms with van der Waals surface area (Å²) >= 11 is 0. The summed E-state index contributed by atoms with van der Waals surface area (Å²) in [4.78, 5) is 3.57. The van der Waals surface area contributed by atoms with Gasteiger partial charge in [-0.1, -0.05) is 0 Å². The van der Waals surface area contributed by atoms with Crippen LogP contribution < -0.4 is 0 Å². The van der Waals surface area contributed by atoms with E-state index in [0.29, 0.717) is 0 Å². The van der Waals surface area contributed by atoms with E-state index < -0.39 is 10.1 Å². The molecule has 79 valence electrons. The number of phenolic OH excluding ortho intramolecular Hbond substituents is 1. The van der Waals surface area contributed by atoms with Crippen LogP contribution in [0.4, 0.5) is 0 Å². The van der Waals surface area contributed by atoms with E-state index in [1.54, 1.807) is 0 Å². The van der Waals surface area contributed by atoms with Gasteiger partial charge in [0.2, 0.25) is 0 Å².